The minimum absolute atomic E-state index is 0.0115. The van der Waals surface area contributed by atoms with E-state index in [1.165, 1.54) is 0 Å². The highest BCUT2D eigenvalue weighted by atomic mass is 28.4. The lowest BCUT2D eigenvalue weighted by Crippen LogP contribution is -2.41. The van der Waals surface area contributed by atoms with Crippen molar-refractivity contribution >= 4 is 14.0 Å². The largest absolute Gasteiger partial charge is 0.547 e. The van der Waals surface area contributed by atoms with Crippen LogP contribution in [0.2, 0.25) is 18.1 Å². The Morgan fingerprint density at radius 2 is 1.90 bits per heavy atom. The van der Waals surface area contributed by atoms with Crippen molar-refractivity contribution in [2.24, 2.45) is 11.1 Å². The van der Waals surface area contributed by atoms with E-state index in [-0.39, 0.29) is 17.1 Å². The Morgan fingerprint density at radius 3 is 2.38 bits per heavy atom. The molecule has 0 fully saturated rings. The average molecular weight is 314 g/mol. The van der Waals surface area contributed by atoms with Gasteiger partial charge in [0.15, 0.2) is 0 Å². The molecule has 0 spiro atoms. The minimum atomic E-state index is -1.78. The first kappa shape index (κ1) is 18.2. The molecule has 0 aliphatic heterocycles. The SMILES string of the molecule is CO/N=C(/C)[C@H]1CCC(O[Si](C)(C)C(C)(C)C)=C[C@@H]1OC. The Morgan fingerprint density at radius 1 is 1.29 bits per heavy atom. The molecule has 4 nitrogen and oxygen atoms in total. The zero-order valence-corrected chi connectivity index (χ0v) is 15.8. The van der Waals surface area contributed by atoms with Crippen LogP contribution in [-0.4, -0.2) is 34.4 Å². The van der Waals surface area contributed by atoms with Gasteiger partial charge in [-0.2, -0.15) is 0 Å². The Balaban J connectivity index is 2.87. The Kier molecular flexibility index (Phi) is 6.05. The van der Waals surface area contributed by atoms with Gasteiger partial charge in [-0.3, -0.25) is 0 Å². The van der Waals surface area contributed by atoms with Gasteiger partial charge in [0, 0.05) is 19.4 Å². The molecule has 21 heavy (non-hydrogen) atoms. The first-order valence-corrected chi connectivity index (χ1v) is 10.5. The van der Waals surface area contributed by atoms with Gasteiger partial charge < -0.3 is 14.0 Å². The molecular weight excluding hydrogens is 282 g/mol. The van der Waals surface area contributed by atoms with Gasteiger partial charge in [-0.25, -0.2) is 0 Å². The van der Waals surface area contributed by atoms with Gasteiger partial charge >= 0.3 is 0 Å². The van der Waals surface area contributed by atoms with Crippen LogP contribution in [0, 0.1) is 5.92 Å². The van der Waals surface area contributed by atoms with Gasteiger partial charge in [0.25, 0.3) is 0 Å². The second kappa shape index (κ2) is 6.96. The van der Waals surface area contributed by atoms with Crippen LogP contribution in [-0.2, 0) is 14.0 Å². The quantitative estimate of drug-likeness (QED) is 0.430. The van der Waals surface area contributed by atoms with Gasteiger partial charge in [0.1, 0.15) is 7.11 Å². The third-order valence-electron chi connectivity index (χ3n) is 4.68. The Hall–Kier alpha value is -0.813. The fourth-order valence-corrected chi connectivity index (χ4v) is 3.43. The number of hydrogen-bond donors (Lipinski definition) is 0. The molecule has 0 N–H and O–H groups in total. The standard InChI is InChI=1S/C16H31NO3Si/c1-12(17-19-6)14-10-9-13(11-15(14)18-5)20-21(7,8)16(2,3)4/h11,14-15H,9-10H2,1-8H3/b17-12-/t14-,15+/m1/s1. The van der Waals surface area contributed by atoms with Crippen LogP contribution >= 0.6 is 0 Å². The smallest absolute Gasteiger partial charge is 0.250 e. The molecular formula is C16H31NO3Si. The van der Waals surface area contributed by atoms with Gasteiger partial charge in [-0.15, -0.1) is 0 Å². The van der Waals surface area contributed by atoms with E-state index in [0.29, 0.717) is 0 Å². The van der Waals surface area contributed by atoms with Crippen LogP contribution in [0.1, 0.15) is 40.5 Å². The van der Waals surface area contributed by atoms with Crippen molar-refractivity contribution in [1.82, 2.24) is 0 Å². The summed E-state index contributed by atoms with van der Waals surface area (Å²) < 4.78 is 12.0. The summed E-state index contributed by atoms with van der Waals surface area (Å²) in [6, 6.07) is 0. The number of rotatable bonds is 5. The van der Waals surface area contributed by atoms with Crippen LogP contribution in [0.15, 0.2) is 17.0 Å². The summed E-state index contributed by atoms with van der Waals surface area (Å²) in [5.74, 6) is 1.34. The van der Waals surface area contributed by atoms with Crippen LogP contribution in [0.4, 0.5) is 0 Å². The molecule has 0 aromatic carbocycles. The monoisotopic (exact) mass is 313 g/mol. The van der Waals surface area contributed by atoms with Gasteiger partial charge in [0.05, 0.1) is 17.6 Å². The first-order valence-electron chi connectivity index (χ1n) is 7.62. The van der Waals surface area contributed by atoms with E-state index in [2.05, 4.69) is 45.1 Å². The molecule has 0 saturated carbocycles. The maximum atomic E-state index is 6.41. The predicted octanol–water partition coefficient (Wildman–Crippen LogP) is 4.34. The lowest BCUT2D eigenvalue weighted by atomic mass is 9.87. The van der Waals surface area contributed by atoms with Gasteiger partial charge in [0.2, 0.25) is 8.32 Å². The normalized spacial score (nSPS) is 24.6. The van der Waals surface area contributed by atoms with E-state index < -0.39 is 8.32 Å². The van der Waals surface area contributed by atoms with Gasteiger partial charge in [-0.05, 0) is 37.6 Å². The molecule has 0 heterocycles. The maximum absolute atomic E-state index is 6.41. The first-order chi connectivity index (χ1) is 9.62. The summed E-state index contributed by atoms with van der Waals surface area (Å²) in [7, 11) is 1.54. The molecule has 1 rings (SSSR count). The molecule has 0 radical (unpaired) electrons. The van der Waals surface area contributed by atoms with Crippen molar-refractivity contribution in [3.8, 4) is 0 Å². The third-order valence-corrected chi connectivity index (χ3v) is 9.07. The number of nitrogens with zero attached hydrogens (tertiary/aromatic N) is 1. The number of ether oxygens (including phenoxy) is 1. The second-order valence-electron chi connectivity index (χ2n) is 7.26. The average Bonchev–Trinajstić information content (AvgIpc) is 2.37. The van der Waals surface area contributed by atoms with Crippen molar-refractivity contribution in [2.45, 2.75) is 64.8 Å². The van der Waals surface area contributed by atoms with Crippen molar-refractivity contribution in [1.29, 1.82) is 0 Å². The summed E-state index contributed by atoms with van der Waals surface area (Å²) in [4.78, 5) is 4.89. The zero-order chi connectivity index (χ0) is 16.3. The van der Waals surface area contributed by atoms with Crippen molar-refractivity contribution in [3.05, 3.63) is 11.8 Å². The summed E-state index contributed by atoms with van der Waals surface area (Å²) in [5, 5.41) is 4.27. The number of hydrogen-bond acceptors (Lipinski definition) is 4. The Labute approximate surface area is 130 Å². The van der Waals surface area contributed by atoms with Crippen LogP contribution in [0.25, 0.3) is 0 Å². The molecule has 0 aromatic rings. The molecule has 2 atom stereocenters. The van der Waals surface area contributed by atoms with E-state index in [1.54, 1.807) is 14.2 Å². The topological polar surface area (TPSA) is 40.0 Å². The molecule has 122 valence electrons. The summed E-state index contributed by atoms with van der Waals surface area (Å²) in [5.41, 5.74) is 0.979. The fraction of sp³-hybridized carbons (Fsp3) is 0.812. The summed E-state index contributed by atoms with van der Waals surface area (Å²) in [6.07, 6.45) is 4.06. The summed E-state index contributed by atoms with van der Waals surface area (Å²) >= 11 is 0. The van der Waals surface area contributed by atoms with Crippen LogP contribution in [0.3, 0.4) is 0 Å². The van der Waals surface area contributed by atoms with E-state index in [9.17, 15) is 0 Å². The van der Waals surface area contributed by atoms with Crippen molar-refractivity contribution in [3.63, 3.8) is 0 Å². The van der Waals surface area contributed by atoms with Crippen LogP contribution < -0.4 is 0 Å². The Bertz CT molecular complexity index is 410. The number of oxime groups is 1. The molecule has 1 aliphatic rings. The highest BCUT2D eigenvalue weighted by Crippen LogP contribution is 2.40. The predicted molar refractivity (Wildman–Crippen MR) is 90.0 cm³/mol. The number of methoxy groups -OCH3 is 1. The van der Waals surface area contributed by atoms with Gasteiger partial charge in [-0.1, -0.05) is 25.9 Å². The molecule has 0 bridgehead atoms. The van der Waals surface area contributed by atoms with Crippen LogP contribution in [0.5, 0.6) is 0 Å². The zero-order valence-electron chi connectivity index (χ0n) is 14.8. The lowest BCUT2D eigenvalue weighted by molar-refractivity contribution is 0.0951. The van der Waals surface area contributed by atoms with E-state index >= 15 is 0 Å². The molecule has 0 unspecified atom stereocenters. The minimum Gasteiger partial charge on any atom is -0.547 e. The molecule has 5 heteroatoms. The lowest BCUT2D eigenvalue weighted by Gasteiger charge is -2.39. The second-order valence-corrected chi connectivity index (χ2v) is 12.0. The molecule has 0 saturated heterocycles. The van der Waals surface area contributed by atoms with Crippen molar-refractivity contribution in [2.75, 3.05) is 14.2 Å². The highest BCUT2D eigenvalue weighted by Gasteiger charge is 2.40. The fourth-order valence-electron chi connectivity index (χ4n) is 2.30. The van der Waals surface area contributed by atoms with Crippen molar-refractivity contribution < 1.29 is 14.0 Å². The molecule has 0 aromatic heterocycles. The molecule has 0 amide bonds. The van der Waals surface area contributed by atoms with E-state index in [4.69, 9.17) is 14.0 Å². The third kappa shape index (κ3) is 4.58. The number of allylic oxidation sites excluding steroid dienone is 1. The molecule has 1 aliphatic carbocycles. The maximum Gasteiger partial charge on any atom is 0.250 e. The highest BCUT2D eigenvalue weighted by molar-refractivity contribution is 6.74. The summed E-state index contributed by atoms with van der Waals surface area (Å²) in [6.45, 7) is 13.3. The van der Waals surface area contributed by atoms with E-state index in [1.807, 2.05) is 6.92 Å². The van der Waals surface area contributed by atoms with E-state index in [0.717, 1.165) is 24.3 Å².